The third-order valence-electron chi connectivity index (χ3n) is 3.74. The zero-order valence-corrected chi connectivity index (χ0v) is 12.6. The lowest BCUT2D eigenvalue weighted by Gasteiger charge is -2.13. The second kappa shape index (κ2) is 6.93. The van der Waals surface area contributed by atoms with Crippen LogP contribution in [0.5, 0.6) is 0 Å². The van der Waals surface area contributed by atoms with Gasteiger partial charge < -0.3 is 11.1 Å². The van der Waals surface area contributed by atoms with Crippen LogP contribution >= 0.6 is 0 Å². The summed E-state index contributed by atoms with van der Waals surface area (Å²) in [4.78, 5) is 12.2. The smallest absolute Gasteiger partial charge is 0.251 e. The molecule has 0 aliphatic heterocycles. The van der Waals surface area contributed by atoms with Gasteiger partial charge in [-0.3, -0.25) is 4.79 Å². The number of benzene rings is 2. The Hall–Kier alpha value is -2.29. The molecule has 0 aliphatic carbocycles. The number of hydrogen-bond donors (Lipinski definition) is 2. The van der Waals surface area contributed by atoms with Crippen molar-refractivity contribution in [3.63, 3.8) is 0 Å². The minimum Gasteiger partial charge on any atom is -0.399 e. The molecule has 2 rings (SSSR count). The Bertz CT molecular complexity index is 608. The summed E-state index contributed by atoms with van der Waals surface area (Å²) in [5.74, 6) is 0.369. The maximum atomic E-state index is 12.2. The van der Waals surface area contributed by atoms with E-state index < -0.39 is 0 Å². The van der Waals surface area contributed by atoms with E-state index in [1.165, 1.54) is 5.56 Å². The van der Waals surface area contributed by atoms with Crippen molar-refractivity contribution >= 4 is 11.6 Å². The van der Waals surface area contributed by atoms with Gasteiger partial charge in [-0.15, -0.1) is 0 Å². The molecular weight excluding hydrogens is 260 g/mol. The number of anilines is 1. The lowest BCUT2D eigenvalue weighted by Crippen LogP contribution is -2.26. The lowest BCUT2D eigenvalue weighted by molar-refractivity contribution is 0.0952. The fraction of sp³-hybridized carbons (Fsp3) is 0.278. The molecule has 1 amide bonds. The Morgan fingerprint density at radius 1 is 1.19 bits per heavy atom. The van der Waals surface area contributed by atoms with Crippen molar-refractivity contribution in [2.24, 2.45) is 0 Å². The quantitative estimate of drug-likeness (QED) is 0.825. The van der Waals surface area contributed by atoms with E-state index in [1.807, 2.05) is 37.3 Å². The third kappa shape index (κ3) is 4.09. The van der Waals surface area contributed by atoms with Crippen LogP contribution in [0.2, 0.25) is 0 Å². The first kappa shape index (κ1) is 15.1. The van der Waals surface area contributed by atoms with Gasteiger partial charge in [0.25, 0.3) is 5.91 Å². The van der Waals surface area contributed by atoms with E-state index in [9.17, 15) is 4.79 Å². The number of carbonyl (C=O) groups excluding carboxylic acids is 1. The number of aryl methyl sites for hydroxylation is 1. The highest BCUT2D eigenvalue weighted by atomic mass is 16.1. The average molecular weight is 282 g/mol. The molecule has 0 radical (unpaired) electrons. The molecule has 2 aromatic carbocycles. The largest absolute Gasteiger partial charge is 0.399 e. The van der Waals surface area contributed by atoms with Crippen molar-refractivity contribution in [3.05, 3.63) is 65.2 Å². The summed E-state index contributed by atoms with van der Waals surface area (Å²) in [6.45, 7) is 4.75. The van der Waals surface area contributed by atoms with Crippen LogP contribution < -0.4 is 11.1 Å². The molecule has 3 N–H and O–H groups in total. The van der Waals surface area contributed by atoms with Crippen molar-refractivity contribution in [1.82, 2.24) is 5.32 Å². The van der Waals surface area contributed by atoms with Gasteiger partial charge in [-0.1, -0.05) is 43.3 Å². The Morgan fingerprint density at radius 2 is 1.90 bits per heavy atom. The van der Waals surface area contributed by atoms with Crippen LogP contribution in [-0.4, -0.2) is 12.5 Å². The average Bonchev–Trinajstić information content (AvgIpc) is 2.50. The van der Waals surface area contributed by atoms with Crippen LogP contribution in [0.4, 0.5) is 5.69 Å². The molecule has 1 atom stereocenters. The summed E-state index contributed by atoms with van der Waals surface area (Å²) in [6, 6.07) is 15.7. The van der Waals surface area contributed by atoms with Crippen molar-refractivity contribution < 1.29 is 4.79 Å². The van der Waals surface area contributed by atoms with Gasteiger partial charge in [-0.05, 0) is 42.5 Å². The number of nitrogen functional groups attached to an aromatic ring is 1. The van der Waals surface area contributed by atoms with Gasteiger partial charge in [-0.2, -0.15) is 0 Å². The standard InChI is InChI=1S/C18H22N2O/c1-13(15-6-4-3-5-7-15)10-11-20-18(21)17-12-16(19)9-8-14(17)2/h3-9,12-13H,10-11,19H2,1-2H3,(H,20,21). The first-order valence-corrected chi connectivity index (χ1v) is 7.27. The number of hydrogen-bond acceptors (Lipinski definition) is 2. The zero-order valence-electron chi connectivity index (χ0n) is 12.6. The molecule has 21 heavy (non-hydrogen) atoms. The van der Waals surface area contributed by atoms with E-state index >= 15 is 0 Å². The molecule has 0 heterocycles. The topological polar surface area (TPSA) is 55.1 Å². The van der Waals surface area contributed by atoms with E-state index in [1.54, 1.807) is 6.07 Å². The van der Waals surface area contributed by atoms with E-state index in [2.05, 4.69) is 24.4 Å². The first-order chi connectivity index (χ1) is 10.1. The predicted molar refractivity (Wildman–Crippen MR) is 87.4 cm³/mol. The highest BCUT2D eigenvalue weighted by Gasteiger charge is 2.10. The predicted octanol–water partition coefficient (Wildman–Crippen LogP) is 3.50. The van der Waals surface area contributed by atoms with Crippen molar-refractivity contribution in [1.29, 1.82) is 0 Å². The fourth-order valence-electron chi connectivity index (χ4n) is 2.33. The molecular formula is C18H22N2O. The van der Waals surface area contributed by atoms with Crippen molar-refractivity contribution in [2.45, 2.75) is 26.2 Å². The van der Waals surface area contributed by atoms with Gasteiger partial charge in [0.1, 0.15) is 0 Å². The minimum absolute atomic E-state index is 0.0555. The maximum Gasteiger partial charge on any atom is 0.251 e. The van der Waals surface area contributed by atoms with Gasteiger partial charge in [-0.25, -0.2) is 0 Å². The molecule has 0 aromatic heterocycles. The number of amides is 1. The van der Waals surface area contributed by atoms with E-state index in [-0.39, 0.29) is 5.91 Å². The third-order valence-corrected chi connectivity index (χ3v) is 3.74. The van der Waals surface area contributed by atoms with Crippen LogP contribution in [-0.2, 0) is 0 Å². The minimum atomic E-state index is -0.0555. The lowest BCUT2D eigenvalue weighted by atomic mass is 9.98. The van der Waals surface area contributed by atoms with Gasteiger partial charge in [0.2, 0.25) is 0 Å². The van der Waals surface area contributed by atoms with Gasteiger partial charge >= 0.3 is 0 Å². The highest BCUT2D eigenvalue weighted by molar-refractivity contribution is 5.96. The van der Waals surface area contributed by atoms with Gasteiger partial charge in [0, 0.05) is 17.8 Å². The first-order valence-electron chi connectivity index (χ1n) is 7.27. The molecule has 0 spiro atoms. The molecule has 2 aromatic rings. The Morgan fingerprint density at radius 3 is 2.62 bits per heavy atom. The number of nitrogens with two attached hydrogens (primary N) is 1. The van der Waals surface area contributed by atoms with Crippen LogP contribution in [0.15, 0.2) is 48.5 Å². The van der Waals surface area contributed by atoms with Crippen LogP contribution in [0, 0.1) is 6.92 Å². The summed E-state index contributed by atoms with van der Waals surface area (Å²) in [5.41, 5.74) is 9.25. The summed E-state index contributed by atoms with van der Waals surface area (Å²) in [5, 5.41) is 2.97. The highest BCUT2D eigenvalue weighted by Crippen LogP contribution is 2.18. The van der Waals surface area contributed by atoms with E-state index in [4.69, 9.17) is 5.73 Å². The van der Waals surface area contributed by atoms with Crippen molar-refractivity contribution in [2.75, 3.05) is 12.3 Å². The zero-order chi connectivity index (χ0) is 15.2. The number of rotatable bonds is 5. The molecule has 0 saturated carbocycles. The molecule has 0 fully saturated rings. The number of nitrogens with one attached hydrogen (secondary N) is 1. The molecule has 110 valence electrons. The van der Waals surface area contributed by atoms with Gasteiger partial charge in [0.05, 0.1) is 0 Å². The normalized spacial score (nSPS) is 11.9. The van der Waals surface area contributed by atoms with E-state index in [0.29, 0.717) is 23.7 Å². The second-order valence-corrected chi connectivity index (χ2v) is 5.43. The molecule has 0 aliphatic rings. The summed E-state index contributed by atoms with van der Waals surface area (Å²) in [6.07, 6.45) is 0.914. The number of carbonyl (C=O) groups is 1. The summed E-state index contributed by atoms with van der Waals surface area (Å²) in [7, 11) is 0. The summed E-state index contributed by atoms with van der Waals surface area (Å²) < 4.78 is 0. The Kier molecular flexibility index (Phi) is 4.99. The molecule has 3 nitrogen and oxygen atoms in total. The van der Waals surface area contributed by atoms with Crippen molar-refractivity contribution in [3.8, 4) is 0 Å². The van der Waals surface area contributed by atoms with Gasteiger partial charge in [0.15, 0.2) is 0 Å². The van der Waals surface area contributed by atoms with E-state index in [0.717, 1.165) is 12.0 Å². The second-order valence-electron chi connectivity index (χ2n) is 5.43. The summed E-state index contributed by atoms with van der Waals surface area (Å²) >= 11 is 0. The Balaban J connectivity index is 1.88. The molecule has 0 saturated heterocycles. The fourth-order valence-corrected chi connectivity index (χ4v) is 2.33. The monoisotopic (exact) mass is 282 g/mol. The SMILES string of the molecule is Cc1ccc(N)cc1C(=O)NCCC(C)c1ccccc1. The van der Waals surface area contributed by atoms with Crippen LogP contribution in [0.25, 0.3) is 0 Å². The van der Waals surface area contributed by atoms with Crippen LogP contribution in [0.1, 0.15) is 40.7 Å². The van der Waals surface area contributed by atoms with Crippen LogP contribution in [0.3, 0.4) is 0 Å². The molecule has 0 bridgehead atoms. The molecule has 1 unspecified atom stereocenters. The Labute approximate surface area is 126 Å². The molecule has 3 heteroatoms. The maximum absolute atomic E-state index is 12.2.